The van der Waals surface area contributed by atoms with E-state index in [2.05, 4.69) is 0 Å². The molecule has 36 heavy (non-hydrogen) atoms. The number of halogens is 4. The van der Waals surface area contributed by atoms with Crippen LogP contribution >= 0.6 is 11.6 Å². The first kappa shape index (κ1) is 26.2. The van der Waals surface area contributed by atoms with E-state index in [4.69, 9.17) is 11.6 Å². The zero-order chi connectivity index (χ0) is 25.9. The third kappa shape index (κ3) is 5.77. The zero-order valence-electron chi connectivity index (χ0n) is 19.8. The summed E-state index contributed by atoms with van der Waals surface area (Å²) in [6.45, 7) is 0.887. The molecule has 2 aromatic rings. The molecular formula is C28H28ClF3N2O2. The number of hydrogen-bond acceptors (Lipinski definition) is 3. The number of aliphatic hydroxyl groups is 1. The van der Waals surface area contributed by atoms with Gasteiger partial charge in [0.05, 0.1) is 16.1 Å². The van der Waals surface area contributed by atoms with E-state index in [0.29, 0.717) is 43.5 Å². The summed E-state index contributed by atoms with van der Waals surface area (Å²) in [5, 5.41) is 20.3. The lowest BCUT2D eigenvalue weighted by atomic mass is 9.84. The molecule has 2 fully saturated rings. The SMILES string of the molecule is N#Cc1ccc(/C(=C/[C@H]2CCN(C(=O)C3(O)CCCCC3)C2)Cc2ccccc2C(F)(F)F)cc1Cl. The quantitative estimate of drug-likeness (QED) is 0.500. The number of benzene rings is 2. The van der Waals surface area contributed by atoms with Gasteiger partial charge in [-0.1, -0.05) is 61.2 Å². The van der Waals surface area contributed by atoms with Crippen LogP contribution in [0.25, 0.3) is 5.57 Å². The molecule has 4 nitrogen and oxygen atoms in total. The van der Waals surface area contributed by atoms with Crippen molar-refractivity contribution in [3.63, 3.8) is 0 Å². The van der Waals surface area contributed by atoms with Crippen molar-refractivity contribution in [2.24, 2.45) is 5.92 Å². The maximum absolute atomic E-state index is 13.7. The molecule has 4 rings (SSSR count). The van der Waals surface area contributed by atoms with Crippen LogP contribution in [0.3, 0.4) is 0 Å². The van der Waals surface area contributed by atoms with Gasteiger partial charge in [0.2, 0.25) is 0 Å². The highest BCUT2D eigenvalue weighted by atomic mass is 35.5. The van der Waals surface area contributed by atoms with Crippen LogP contribution in [0, 0.1) is 17.2 Å². The van der Waals surface area contributed by atoms with Gasteiger partial charge in [0, 0.05) is 13.1 Å². The predicted octanol–water partition coefficient (Wildman–Crippen LogP) is 6.40. The number of carbonyl (C=O) groups excluding carboxylic acids is 1. The molecule has 0 spiro atoms. The lowest BCUT2D eigenvalue weighted by molar-refractivity contribution is -0.153. The minimum absolute atomic E-state index is 0.0201. The summed E-state index contributed by atoms with van der Waals surface area (Å²) in [6.07, 6.45) is 1.68. The van der Waals surface area contributed by atoms with Crippen molar-refractivity contribution in [2.45, 2.75) is 56.7 Å². The summed E-state index contributed by atoms with van der Waals surface area (Å²) in [6, 6.07) is 12.3. The monoisotopic (exact) mass is 516 g/mol. The van der Waals surface area contributed by atoms with E-state index >= 15 is 0 Å². The van der Waals surface area contributed by atoms with Crippen LogP contribution in [-0.4, -0.2) is 34.6 Å². The number of likely N-dealkylation sites (tertiary alicyclic amines) is 1. The fourth-order valence-electron chi connectivity index (χ4n) is 5.26. The number of nitriles is 1. The summed E-state index contributed by atoms with van der Waals surface area (Å²) in [7, 11) is 0. The molecule has 2 aliphatic rings. The van der Waals surface area contributed by atoms with Crippen molar-refractivity contribution in [1.82, 2.24) is 4.90 Å². The summed E-state index contributed by atoms with van der Waals surface area (Å²) in [4.78, 5) is 14.7. The largest absolute Gasteiger partial charge is 0.416 e. The molecule has 1 aliphatic heterocycles. The first-order valence-corrected chi connectivity index (χ1v) is 12.6. The minimum atomic E-state index is -4.49. The van der Waals surface area contributed by atoms with Crippen LogP contribution in [0.1, 0.15) is 60.8 Å². The highest BCUT2D eigenvalue weighted by Gasteiger charge is 2.42. The molecule has 2 aromatic carbocycles. The molecule has 0 bridgehead atoms. The van der Waals surface area contributed by atoms with E-state index in [9.17, 15) is 28.3 Å². The fourth-order valence-corrected chi connectivity index (χ4v) is 5.48. The van der Waals surface area contributed by atoms with Crippen molar-refractivity contribution < 1.29 is 23.1 Å². The molecule has 8 heteroatoms. The van der Waals surface area contributed by atoms with E-state index in [1.54, 1.807) is 29.2 Å². The zero-order valence-corrected chi connectivity index (χ0v) is 20.6. The standard InChI is InChI=1S/C28H28ClF3N2O2/c29-25-16-20(8-9-22(25)17-33)23(15-21-6-2-3-7-24(21)28(30,31)32)14-19-10-13-34(18-19)26(35)27(36)11-4-1-5-12-27/h2-3,6-9,14,16,19,36H,1,4-5,10-13,15,18H2/b23-14+/t19-/m1/s1. The summed E-state index contributed by atoms with van der Waals surface area (Å²) < 4.78 is 41.0. The highest BCUT2D eigenvalue weighted by Crippen LogP contribution is 2.36. The first-order valence-electron chi connectivity index (χ1n) is 12.2. The van der Waals surface area contributed by atoms with Gasteiger partial charge in [-0.15, -0.1) is 0 Å². The molecule has 1 saturated heterocycles. The van der Waals surface area contributed by atoms with Crippen molar-refractivity contribution in [2.75, 3.05) is 13.1 Å². The van der Waals surface area contributed by atoms with Gasteiger partial charge in [-0.25, -0.2) is 0 Å². The van der Waals surface area contributed by atoms with Gasteiger partial charge in [-0.3, -0.25) is 4.79 Å². The van der Waals surface area contributed by atoms with Crippen molar-refractivity contribution in [1.29, 1.82) is 5.26 Å². The fraction of sp³-hybridized carbons (Fsp3) is 0.429. The normalized spacial score (nSPS) is 20.3. The number of nitrogens with zero attached hydrogens (tertiary/aromatic N) is 2. The van der Waals surface area contributed by atoms with Crippen LogP contribution in [-0.2, 0) is 17.4 Å². The third-order valence-electron chi connectivity index (χ3n) is 7.19. The Kier molecular flexibility index (Phi) is 7.77. The average Bonchev–Trinajstić information content (AvgIpc) is 3.31. The molecule has 0 unspecified atom stereocenters. The van der Waals surface area contributed by atoms with Crippen molar-refractivity contribution in [3.05, 3.63) is 75.8 Å². The lowest BCUT2D eigenvalue weighted by Gasteiger charge is -2.34. The smallest absolute Gasteiger partial charge is 0.380 e. The van der Waals surface area contributed by atoms with Gasteiger partial charge in [-0.2, -0.15) is 18.4 Å². The maximum atomic E-state index is 13.7. The van der Waals surface area contributed by atoms with E-state index < -0.39 is 17.3 Å². The van der Waals surface area contributed by atoms with Crippen LogP contribution in [0.2, 0.25) is 5.02 Å². The topological polar surface area (TPSA) is 64.3 Å². The van der Waals surface area contributed by atoms with Crippen LogP contribution < -0.4 is 0 Å². The molecular weight excluding hydrogens is 489 g/mol. The van der Waals surface area contributed by atoms with Crippen LogP contribution in [0.15, 0.2) is 48.5 Å². The first-order chi connectivity index (χ1) is 17.1. The second-order valence-corrected chi connectivity index (χ2v) is 10.1. The molecule has 190 valence electrons. The second-order valence-electron chi connectivity index (χ2n) is 9.72. The van der Waals surface area contributed by atoms with E-state index in [-0.39, 0.29) is 34.4 Å². The van der Waals surface area contributed by atoms with Crippen molar-refractivity contribution in [3.8, 4) is 6.07 Å². The Hall–Kier alpha value is -2.82. The molecule has 0 radical (unpaired) electrons. The van der Waals surface area contributed by atoms with E-state index in [1.165, 1.54) is 12.1 Å². The third-order valence-corrected chi connectivity index (χ3v) is 7.50. The van der Waals surface area contributed by atoms with Gasteiger partial charge in [0.25, 0.3) is 5.91 Å². The average molecular weight is 517 g/mol. The Balaban J connectivity index is 1.63. The highest BCUT2D eigenvalue weighted by molar-refractivity contribution is 6.31. The Morgan fingerprint density at radius 3 is 2.58 bits per heavy atom. The maximum Gasteiger partial charge on any atom is 0.416 e. The Morgan fingerprint density at radius 2 is 1.92 bits per heavy atom. The Bertz CT molecular complexity index is 1200. The summed E-state index contributed by atoms with van der Waals surface area (Å²) in [5.41, 5.74) is -0.307. The number of hydrogen-bond donors (Lipinski definition) is 1. The number of carbonyl (C=O) groups is 1. The molecule has 1 atom stereocenters. The molecule has 0 aromatic heterocycles. The Labute approximate surface area is 214 Å². The molecule has 1 saturated carbocycles. The second kappa shape index (κ2) is 10.7. The van der Waals surface area contributed by atoms with Crippen molar-refractivity contribution >= 4 is 23.1 Å². The van der Waals surface area contributed by atoms with Gasteiger partial charge >= 0.3 is 6.18 Å². The van der Waals surface area contributed by atoms with E-state index in [1.807, 2.05) is 12.1 Å². The molecule has 1 amide bonds. The number of amides is 1. The van der Waals surface area contributed by atoms with Gasteiger partial charge in [0.1, 0.15) is 11.7 Å². The molecule has 1 aliphatic carbocycles. The minimum Gasteiger partial charge on any atom is -0.380 e. The number of rotatable bonds is 5. The van der Waals surface area contributed by atoms with Crippen LogP contribution in [0.5, 0.6) is 0 Å². The molecule has 1 heterocycles. The lowest BCUT2D eigenvalue weighted by Crippen LogP contribution is -2.49. The number of alkyl halides is 3. The number of allylic oxidation sites excluding steroid dienone is 1. The van der Waals surface area contributed by atoms with E-state index in [0.717, 1.165) is 25.3 Å². The summed E-state index contributed by atoms with van der Waals surface area (Å²) in [5.74, 6) is -0.327. The van der Waals surface area contributed by atoms with Gasteiger partial charge in [0.15, 0.2) is 0 Å². The van der Waals surface area contributed by atoms with Crippen LogP contribution in [0.4, 0.5) is 13.2 Å². The summed E-state index contributed by atoms with van der Waals surface area (Å²) >= 11 is 6.25. The molecule has 1 N–H and O–H groups in total. The van der Waals surface area contributed by atoms with Gasteiger partial charge < -0.3 is 10.0 Å². The Morgan fingerprint density at radius 1 is 1.19 bits per heavy atom. The van der Waals surface area contributed by atoms with Gasteiger partial charge in [-0.05, 0) is 66.5 Å². The predicted molar refractivity (Wildman–Crippen MR) is 132 cm³/mol.